The van der Waals surface area contributed by atoms with Gasteiger partial charge in [0, 0.05) is 6.07 Å². The molecule has 0 aliphatic carbocycles. The molecule has 9 heteroatoms. The minimum absolute atomic E-state index is 0.00172. The number of rotatable bonds is 6. The third kappa shape index (κ3) is 3.79. The first kappa shape index (κ1) is 20.0. The SMILES string of the molecule is C=CCN(c1cc(C(=O)OC)ccc1Cl)S(=O)(=O)c1ccc2c(c1)OCCO2. The van der Waals surface area contributed by atoms with Gasteiger partial charge in [0.1, 0.15) is 13.2 Å². The van der Waals surface area contributed by atoms with E-state index in [-0.39, 0.29) is 27.7 Å². The molecule has 0 N–H and O–H groups in total. The van der Waals surface area contributed by atoms with Gasteiger partial charge in [0.25, 0.3) is 10.0 Å². The molecule has 0 spiro atoms. The minimum Gasteiger partial charge on any atom is -0.486 e. The Kier molecular flexibility index (Phi) is 5.81. The summed E-state index contributed by atoms with van der Waals surface area (Å²) in [6.45, 7) is 4.30. The topological polar surface area (TPSA) is 82.1 Å². The van der Waals surface area contributed by atoms with Crippen LogP contribution in [0.15, 0.2) is 53.9 Å². The Morgan fingerprint density at radius 3 is 2.61 bits per heavy atom. The van der Waals surface area contributed by atoms with Crippen molar-refractivity contribution in [1.29, 1.82) is 0 Å². The maximum Gasteiger partial charge on any atom is 0.337 e. The van der Waals surface area contributed by atoms with Crippen LogP contribution >= 0.6 is 11.6 Å². The van der Waals surface area contributed by atoms with Crippen LogP contribution in [0, 0.1) is 0 Å². The van der Waals surface area contributed by atoms with Crippen molar-refractivity contribution >= 4 is 33.3 Å². The van der Waals surface area contributed by atoms with Gasteiger partial charge in [-0.3, -0.25) is 4.31 Å². The molecule has 0 aromatic heterocycles. The lowest BCUT2D eigenvalue weighted by atomic mass is 10.2. The Labute approximate surface area is 168 Å². The second-order valence-electron chi connectivity index (χ2n) is 5.79. The number of fused-ring (bicyclic) bond motifs is 1. The average Bonchev–Trinajstić information content (AvgIpc) is 2.71. The normalized spacial score (nSPS) is 12.9. The number of sulfonamides is 1. The number of nitrogens with zero attached hydrogens (tertiary/aromatic N) is 1. The van der Waals surface area contributed by atoms with E-state index in [1.165, 1.54) is 43.5 Å². The van der Waals surface area contributed by atoms with E-state index in [2.05, 4.69) is 6.58 Å². The molecule has 0 fully saturated rings. The summed E-state index contributed by atoms with van der Waals surface area (Å²) < 4.78 is 43.3. The lowest BCUT2D eigenvalue weighted by molar-refractivity contribution is 0.0600. The first-order chi connectivity index (χ1) is 13.4. The van der Waals surface area contributed by atoms with Crippen molar-refractivity contribution in [2.24, 2.45) is 0 Å². The van der Waals surface area contributed by atoms with E-state index in [1.54, 1.807) is 6.07 Å². The van der Waals surface area contributed by atoms with Crippen LogP contribution in [-0.2, 0) is 14.8 Å². The highest BCUT2D eigenvalue weighted by Gasteiger charge is 2.28. The summed E-state index contributed by atoms with van der Waals surface area (Å²) in [5.74, 6) is 0.222. The molecule has 148 valence electrons. The number of hydrogen-bond donors (Lipinski definition) is 0. The zero-order valence-corrected chi connectivity index (χ0v) is 16.6. The van der Waals surface area contributed by atoms with Crippen molar-refractivity contribution in [3.8, 4) is 11.5 Å². The van der Waals surface area contributed by atoms with Gasteiger partial charge in [-0.25, -0.2) is 13.2 Å². The number of methoxy groups -OCH3 is 1. The third-order valence-corrected chi connectivity index (χ3v) is 6.13. The molecule has 7 nitrogen and oxygen atoms in total. The van der Waals surface area contributed by atoms with Crippen molar-refractivity contribution in [2.45, 2.75) is 4.90 Å². The molecule has 0 saturated carbocycles. The van der Waals surface area contributed by atoms with Crippen LogP contribution in [0.25, 0.3) is 0 Å². The van der Waals surface area contributed by atoms with Gasteiger partial charge in [0.05, 0.1) is 34.8 Å². The van der Waals surface area contributed by atoms with Crippen LogP contribution < -0.4 is 13.8 Å². The molecule has 1 heterocycles. The van der Waals surface area contributed by atoms with Gasteiger partial charge in [0.2, 0.25) is 0 Å². The lowest BCUT2D eigenvalue weighted by Gasteiger charge is -2.25. The predicted molar refractivity (Wildman–Crippen MR) is 105 cm³/mol. The maximum atomic E-state index is 13.3. The lowest BCUT2D eigenvalue weighted by Crippen LogP contribution is -2.31. The van der Waals surface area contributed by atoms with Crippen LogP contribution in [0.3, 0.4) is 0 Å². The van der Waals surface area contributed by atoms with Crippen molar-refractivity contribution in [1.82, 2.24) is 0 Å². The summed E-state index contributed by atoms with van der Waals surface area (Å²) in [5.41, 5.74) is 0.313. The van der Waals surface area contributed by atoms with Gasteiger partial charge in [-0.05, 0) is 30.3 Å². The van der Waals surface area contributed by atoms with Crippen molar-refractivity contribution in [3.63, 3.8) is 0 Å². The summed E-state index contributed by atoms with van der Waals surface area (Å²) in [6.07, 6.45) is 1.43. The molecule has 28 heavy (non-hydrogen) atoms. The van der Waals surface area contributed by atoms with Crippen LogP contribution in [0.2, 0.25) is 5.02 Å². The molecule has 0 bridgehead atoms. The van der Waals surface area contributed by atoms with Gasteiger partial charge in [-0.2, -0.15) is 0 Å². The highest BCUT2D eigenvalue weighted by atomic mass is 35.5. The van der Waals surface area contributed by atoms with Crippen LogP contribution in [0.4, 0.5) is 5.69 Å². The molecule has 0 unspecified atom stereocenters. The highest BCUT2D eigenvalue weighted by Crippen LogP contribution is 2.36. The van der Waals surface area contributed by atoms with Gasteiger partial charge >= 0.3 is 5.97 Å². The van der Waals surface area contributed by atoms with E-state index in [0.717, 1.165) is 4.31 Å². The maximum absolute atomic E-state index is 13.3. The Morgan fingerprint density at radius 2 is 1.93 bits per heavy atom. The molecule has 1 aliphatic heterocycles. The summed E-state index contributed by atoms with van der Waals surface area (Å²) in [6, 6.07) is 8.64. The number of halogens is 1. The second-order valence-corrected chi connectivity index (χ2v) is 8.06. The fourth-order valence-corrected chi connectivity index (χ4v) is 4.43. The van der Waals surface area contributed by atoms with Crippen molar-refractivity contribution < 1.29 is 27.4 Å². The monoisotopic (exact) mass is 423 g/mol. The van der Waals surface area contributed by atoms with E-state index in [9.17, 15) is 13.2 Å². The fraction of sp³-hybridized carbons (Fsp3) is 0.211. The minimum atomic E-state index is -4.03. The first-order valence-electron chi connectivity index (χ1n) is 8.29. The predicted octanol–water partition coefficient (Wildman–Crippen LogP) is 3.28. The van der Waals surface area contributed by atoms with Gasteiger partial charge in [-0.1, -0.05) is 17.7 Å². The number of ether oxygens (including phenoxy) is 3. The summed E-state index contributed by atoms with van der Waals surface area (Å²) in [5, 5.41) is 0.163. The molecule has 0 atom stereocenters. The molecular formula is C19H18ClNO6S. The van der Waals surface area contributed by atoms with Crippen LogP contribution in [0.1, 0.15) is 10.4 Å². The Balaban J connectivity index is 2.09. The molecule has 0 amide bonds. The van der Waals surface area contributed by atoms with E-state index >= 15 is 0 Å². The summed E-state index contributed by atoms with van der Waals surface area (Å²) in [7, 11) is -2.79. The standard InChI is InChI=1S/C19H18ClNO6S/c1-3-8-21(16-11-13(19(22)25-2)4-6-15(16)20)28(23,24)14-5-7-17-18(12-14)27-10-9-26-17/h3-7,11-12H,1,8-10H2,2H3. The van der Waals surface area contributed by atoms with Crippen LogP contribution in [-0.4, -0.2) is 41.3 Å². The number of carbonyl (C=O) groups is 1. The Morgan fingerprint density at radius 1 is 1.21 bits per heavy atom. The van der Waals surface area contributed by atoms with Crippen molar-refractivity contribution in [2.75, 3.05) is 31.2 Å². The van der Waals surface area contributed by atoms with E-state index in [4.69, 9.17) is 25.8 Å². The number of carbonyl (C=O) groups excluding carboxylic acids is 1. The molecular weight excluding hydrogens is 406 g/mol. The van der Waals surface area contributed by atoms with Crippen molar-refractivity contribution in [3.05, 3.63) is 59.6 Å². The summed E-state index contributed by atoms with van der Waals surface area (Å²) in [4.78, 5) is 11.9. The second kappa shape index (κ2) is 8.12. The number of anilines is 1. The third-order valence-electron chi connectivity index (χ3n) is 4.03. The number of benzene rings is 2. The molecule has 3 rings (SSSR count). The zero-order valence-electron chi connectivity index (χ0n) is 15.1. The molecule has 1 aliphatic rings. The van der Waals surface area contributed by atoms with Gasteiger partial charge in [-0.15, -0.1) is 6.58 Å². The molecule has 2 aromatic carbocycles. The van der Waals surface area contributed by atoms with Gasteiger partial charge < -0.3 is 14.2 Å². The summed E-state index contributed by atoms with van der Waals surface area (Å²) >= 11 is 6.25. The Hall–Kier alpha value is -2.71. The number of esters is 1. The quantitative estimate of drug-likeness (QED) is 0.524. The highest BCUT2D eigenvalue weighted by molar-refractivity contribution is 7.92. The fourth-order valence-electron chi connectivity index (χ4n) is 2.70. The smallest absolute Gasteiger partial charge is 0.337 e. The van der Waals surface area contributed by atoms with E-state index in [0.29, 0.717) is 24.7 Å². The first-order valence-corrected chi connectivity index (χ1v) is 10.1. The van der Waals surface area contributed by atoms with E-state index < -0.39 is 16.0 Å². The molecule has 2 aromatic rings. The van der Waals surface area contributed by atoms with E-state index in [1.807, 2.05) is 0 Å². The molecule has 0 saturated heterocycles. The van der Waals surface area contributed by atoms with Crippen LogP contribution in [0.5, 0.6) is 11.5 Å². The zero-order chi connectivity index (χ0) is 20.3. The molecule has 0 radical (unpaired) electrons. The van der Waals surface area contributed by atoms with Gasteiger partial charge in [0.15, 0.2) is 11.5 Å². The largest absolute Gasteiger partial charge is 0.486 e. The Bertz CT molecular complexity index is 1020. The average molecular weight is 424 g/mol. The number of hydrogen-bond acceptors (Lipinski definition) is 6.